The van der Waals surface area contributed by atoms with Crippen molar-refractivity contribution in [3.05, 3.63) is 45.2 Å². The molecule has 0 radical (unpaired) electrons. The summed E-state index contributed by atoms with van der Waals surface area (Å²) in [5, 5.41) is 3.30. The lowest BCUT2D eigenvalue weighted by molar-refractivity contribution is -0.122. The van der Waals surface area contributed by atoms with E-state index < -0.39 is 0 Å². The first-order valence-corrected chi connectivity index (χ1v) is 13.4. The lowest BCUT2D eigenvalue weighted by Gasteiger charge is -2.21. The zero-order chi connectivity index (χ0) is 24.1. The van der Waals surface area contributed by atoms with E-state index in [0.717, 1.165) is 45.1 Å². The van der Waals surface area contributed by atoms with E-state index in [0.29, 0.717) is 45.3 Å². The van der Waals surface area contributed by atoms with Crippen molar-refractivity contribution in [1.29, 1.82) is 0 Å². The Balaban J connectivity index is 1.64. The van der Waals surface area contributed by atoms with Gasteiger partial charge in [-0.1, -0.05) is 63.2 Å². The van der Waals surface area contributed by atoms with Crippen LogP contribution in [-0.2, 0) is 9.53 Å². The number of aromatic nitrogens is 2. The Morgan fingerprint density at radius 3 is 2.94 bits per heavy atom. The molecule has 2 saturated heterocycles. The summed E-state index contributed by atoms with van der Waals surface area (Å²) in [5.74, 6) is 0.748. The van der Waals surface area contributed by atoms with Gasteiger partial charge in [-0.3, -0.25) is 18.9 Å². The lowest BCUT2D eigenvalue weighted by Crippen LogP contribution is -2.33. The molecule has 0 aliphatic carbocycles. The van der Waals surface area contributed by atoms with Crippen LogP contribution in [0.1, 0.15) is 57.9 Å². The third kappa shape index (κ3) is 5.53. The Bertz CT molecular complexity index is 1140. The van der Waals surface area contributed by atoms with Gasteiger partial charge in [0.1, 0.15) is 15.8 Å². The molecular formula is C25H32N4O3S2. The van der Waals surface area contributed by atoms with Gasteiger partial charge in [0.05, 0.1) is 16.6 Å². The minimum atomic E-state index is -0.222. The van der Waals surface area contributed by atoms with Crippen LogP contribution in [-0.4, -0.2) is 50.3 Å². The van der Waals surface area contributed by atoms with Crippen molar-refractivity contribution in [2.24, 2.45) is 5.92 Å². The summed E-state index contributed by atoms with van der Waals surface area (Å²) < 4.78 is 7.77. The van der Waals surface area contributed by atoms with Crippen LogP contribution in [0.3, 0.4) is 0 Å². The van der Waals surface area contributed by atoms with E-state index in [1.807, 2.05) is 6.07 Å². The van der Waals surface area contributed by atoms with E-state index in [-0.39, 0.29) is 17.6 Å². The second kappa shape index (κ2) is 11.5. The number of nitrogens with one attached hydrogen (secondary N) is 1. The number of pyridine rings is 1. The molecule has 2 aromatic heterocycles. The molecule has 1 N–H and O–H groups in total. The Hall–Kier alpha value is -2.23. The van der Waals surface area contributed by atoms with Crippen molar-refractivity contribution in [3.8, 4) is 0 Å². The fourth-order valence-corrected chi connectivity index (χ4v) is 5.60. The van der Waals surface area contributed by atoms with Gasteiger partial charge < -0.3 is 10.1 Å². The molecule has 0 saturated carbocycles. The summed E-state index contributed by atoms with van der Waals surface area (Å²) >= 11 is 6.81. The predicted molar refractivity (Wildman–Crippen MR) is 142 cm³/mol. The maximum atomic E-state index is 13.4. The maximum Gasteiger partial charge on any atom is 0.267 e. The molecule has 4 heterocycles. The Morgan fingerprint density at radius 1 is 1.35 bits per heavy atom. The number of carbonyl (C=O) groups excluding carboxylic acids is 1. The molecule has 34 heavy (non-hydrogen) atoms. The summed E-state index contributed by atoms with van der Waals surface area (Å²) in [6.07, 6.45) is 9.81. The number of carbonyl (C=O) groups is 1. The smallest absolute Gasteiger partial charge is 0.267 e. The molecule has 2 unspecified atom stereocenters. The molecule has 182 valence electrons. The zero-order valence-electron chi connectivity index (χ0n) is 19.8. The standard InChI is InChI=1S/C25H32N4O3S2/c1-3-5-9-17(4-2)16-29-24(31)20(34-25(29)33)14-19-22(26-15-18-10-8-13-32-18)27-21-11-6-7-12-28(21)23(19)30/h6-7,11-12,14,17-18,26H,3-5,8-10,13,15-16H2,1-2H3/b20-14+. The van der Waals surface area contributed by atoms with Crippen molar-refractivity contribution in [3.63, 3.8) is 0 Å². The van der Waals surface area contributed by atoms with E-state index in [1.54, 1.807) is 29.3 Å². The number of thiocarbonyl (C=S) groups is 1. The van der Waals surface area contributed by atoms with E-state index in [4.69, 9.17) is 17.0 Å². The SMILES string of the molecule is CCCCC(CC)CN1C(=O)/C(=C\c2c(NCC3CCCO3)nc3ccccn3c2=O)SC1=S. The average Bonchev–Trinajstić information content (AvgIpc) is 3.46. The Morgan fingerprint density at radius 2 is 2.21 bits per heavy atom. The van der Waals surface area contributed by atoms with Crippen molar-refractivity contribution in [1.82, 2.24) is 14.3 Å². The van der Waals surface area contributed by atoms with Gasteiger partial charge >= 0.3 is 0 Å². The Kier molecular flexibility index (Phi) is 8.39. The molecule has 9 heteroatoms. The molecule has 2 aromatic rings. The van der Waals surface area contributed by atoms with Gasteiger partial charge in [-0.15, -0.1) is 0 Å². The number of amides is 1. The highest BCUT2D eigenvalue weighted by Crippen LogP contribution is 2.34. The monoisotopic (exact) mass is 500 g/mol. The minimum Gasteiger partial charge on any atom is -0.376 e. The molecule has 0 bridgehead atoms. The molecule has 2 fully saturated rings. The van der Waals surface area contributed by atoms with Crippen LogP contribution in [0.25, 0.3) is 11.7 Å². The van der Waals surface area contributed by atoms with Crippen LogP contribution in [0.4, 0.5) is 5.82 Å². The van der Waals surface area contributed by atoms with Crippen LogP contribution in [0.5, 0.6) is 0 Å². The molecule has 0 spiro atoms. The van der Waals surface area contributed by atoms with Crippen molar-refractivity contribution in [2.45, 2.75) is 58.5 Å². The van der Waals surface area contributed by atoms with Gasteiger partial charge in [-0.05, 0) is 43.4 Å². The van der Waals surface area contributed by atoms with Crippen molar-refractivity contribution in [2.75, 3.05) is 25.0 Å². The summed E-state index contributed by atoms with van der Waals surface area (Å²) in [4.78, 5) is 33.5. The highest BCUT2D eigenvalue weighted by atomic mass is 32.2. The molecule has 2 atom stereocenters. The number of rotatable bonds is 10. The summed E-state index contributed by atoms with van der Waals surface area (Å²) in [5.41, 5.74) is 0.689. The summed E-state index contributed by atoms with van der Waals surface area (Å²) in [7, 11) is 0. The van der Waals surface area contributed by atoms with Gasteiger partial charge in [-0.2, -0.15) is 0 Å². The second-order valence-corrected chi connectivity index (χ2v) is 10.5. The fraction of sp³-hybridized carbons (Fsp3) is 0.520. The van der Waals surface area contributed by atoms with E-state index in [9.17, 15) is 9.59 Å². The van der Waals surface area contributed by atoms with E-state index >= 15 is 0 Å². The van der Waals surface area contributed by atoms with Gasteiger partial charge in [0, 0.05) is 25.9 Å². The average molecular weight is 501 g/mol. The lowest BCUT2D eigenvalue weighted by atomic mass is 9.99. The zero-order valence-corrected chi connectivity index (χ0v) is 21.4. The number of unbranched alkanes of at least 4 members (excludes halogenated alkanes) is 1. The van der Waals surface area contributed by atoms with Crippen LogP contribution < -0.4 is 10.9 Å². The third-order valence-electron chi connectivity index (χ3n) is 6.42. The van der Waals surface area contributed by atoms with Crippen LogP contribution in [0, 0.1) is 5.92 Å². The summed E-state index contributed by atoms with van der Waals surface area (Å²) in [6.45, 7) is 6.27. The number of thioether (sulfide) groups is 1. The number of anilines is 1. The topological polar surface area (TPSA) is 75.9 Å². The van der Waals surface area contributed by atoms with Crippen LogP contribution in [0.15, 0.2) is 34.1 Å². The maximum absolute atomic E-state index is 13.4. The van der Waals surface area contributed by atoms with Crippen molar-refractivity contribution < 1.29 is 9.53 Å². The molecule has 0 aromatic carbocycles. The predicted octanol–water partition coefficient (Wildman–Crippen LogP) is 4.70. The van der Waals surface area contributed by atoms with Gasteiger partial charge in [0.25, 0.3) is 11.5 Å². The van der Waals surface area contributed by atoms with E-state index in [2.05, 4.69) is 24.1 Å². The van der Waals surface area contributed by atoms with Gasteiger partial charge in [0.2, 0.25) is 0 Å². The molecule has 4 rings (SSSR count). The molecule has 2 aliphatic rings. The second-order valence-electron chi connectivity index (χ2n) is 8.83. The number of nitrogens with zero attached hydrogens (tertiary/aromatic N) is 3. The normalized spacial score (nSPS) is 20.6. The van der Waals surface area contributed by atoms with Crippen LogP contribution in [0.2, 0.25) is 0 Å². The third-order valence-corrected chi connectivity index (χ3v) is 7.80. The molecule has 7 nitrogen and oxygen atoms in total. The first-order chi connectivity index (χ1) is 16.5. The number of hydrogen-bond acceptors (Lipinski definition) is 7. The fourth-order valence-electron chi connectivity index (χ4n) is 4.35. The number of hydrogen-bond donors (Lipinski definition) is 1. The first-order valence-electron chi connectivity index (χ1n) is 12.1. The highest BCUT2D eigenvalue weighted by molar-refractivity contribution is 8.26. The number of fused-ring (bicyclic) bond motifs is 1. The summed E-state index contributed by atoms with van der Waals surface area (Å²) in [6, 6.07) is 5.43. The van der Waals surface area contributed by atoms with Gasteiger partial charge in [-0.25, -0.2) is 4.98 Å². The largest absolute Gasteiger partial charge is 0.376 e. The Labute approximate surface area is 210 Å². The quantitative estimate of drug-likeness (QED) is 0.374. The highest BCUT2D eigenvalue weighted by Gasteiger charge is 2.34. The number of ether oxygens (including phenoxy) is 1. The molecule has 1 amide bonds. The molecule has 2 aliphatic heterocycles. The van der Waals surface area contributed by atoms with Crippen molar-refractivity contribution >= 4 is 51.7 Å². The van der Waals surface area contributed by atoms with Crippen LogP contribution >= 0.6 is 24.0 Å². The van der Waals surface area contributed by atoms with Gasteiger partial charge in [0.15, 0.2) is 0 Å². The first kappa shape index (κ1) is 24.9. The molecular weight excluding hydrogens is 468 g/mol. The van der Waals surface area contributed by atoms with E-state index in [1.165, 1.54) is 16.2 Å². The minimum absolute atomic E-state index is 0.0937.